The van der Waals surface area contributed by atoms with Crippen LogP contribution in [0.1, 0.15) is 21.6 Å². The minimum atomic E-state index is -1.04. The van der Waals surface area contributed by atoms with Crippen LogP contribution in [-0.2, 0) is 12.8 Å². The van der Waals surface area contributed by atoms with Crippen LogP contribution in [0.25, 0.3) is 16.9 Å². The molecule has 28 heavy (non-hydrogen) atoms. The van der Waals surface area contributed by atoms with E-state index in [9.17, 15) is 10.1 Å². The van der Waals surface area contributed by atoms with E-state index in [-0.39, 0.29) is 10.8 Å². The number of ketones is 1. The molecule has 0 spiro atoms. The fraction of sp³-hybridized carbons (Fsp3) is 0.182. The van der Waals surface area contributed by atoms with Crippen LogP contribution < -0.4 is 5.32 Å². The maximum Gasteiger partial charge on any atom is 0.207 e. The molecule has 1 aromatic heterocycles. The summed E-state index contributed by atoms with van der Waals surface area (Å²) in [5, 5.41) is 16.9. The Bertz CT molecular complexity index is 1110. The molecule has 4 rings (SSSR count). The van der Waals surface area contributed by atoms with Gasteiger partial charge in [-0.15, -0.1) is 0 Å². The molecule has 1 atom stereocenters. The fourth-order valence-electron chi connectivity index (χ4n) is 3.66. The first-order chi connectivity index (χ1) is 13.7. The lowest BCUT2D eigenvalue weighted by Crippen LogP contribution is -2.31. The highest BCUT2D eigenvalue weighted by Gasteiger charge is 2.33. The van der Waals surface area contributed by atoms with Crippen molar-refractivity contribution in [3.63, 3.8) is 0 Å². The van der Waals surface area contributed by atoms with Gasteiger partial charge in [0.25, 0.3) is 0 Å². The number of para-hydroxylation sites is 1. The molecule has 1 aliphatic carbocycles. The zero-order chi connectivity index (χ0) is 19.7. The predicted octanol–water partition coefficient (Wildman–Crippen LogP) is 3.51. The highest BCUT2D eigenvalue weighted by Crippen LogP contribution is 2.37. The van der Waals surface area contributed by atoms with Crippen LogP contribution in [0.15, 0.2) is 54.6 Å². The minimum absolute atomic E-state index is 0.215. The highest BCUT2D eigenvalue weighted by atomic mass is 32.1. The molecule has 138 valence electrons. The third-order valence-corrected chi connectivity index (χ3v) is 5.47. The van der Waals surface area contributed by atoms with Crippen molar-refractivity contribution in [3.8, 4) is 23.0 Å². The van der Waals surface area contributed by atoms with Gasteiger partial charge in [0.1, 0.15) is 10.7 Å². The molecule has 0 fully saturated rings. The molecule has 1 heterocycles. The van der Waals surface area contributed by atoms with Gasteiger partial charge in [-0.25, -0.2) is 4.68 Å². The second-order valence-electron chi connectivity index (χ2n) is 6.62. The second-order valence-corrected chi connectivity index (χ2v) is 7.06. The van der Waals surface area contributed by atoms with Gasteiger partial charge >= 0.3 is 0 Å². The van der Waals surface area contributed by atoms with E-state index >= 15 is 0 Å². The van der Waals surface area contributed by atoms with E-state index in [1.807, 2.05) is 53.2 Å². The molecule has 0 saturated carbocycles. The van der Waals surface area contributed by atoms with E-state index in [1.165, 1.54) is 5.56 Å². The molecule has 1 aliphatic rings. The number of aromatic nitrogens is 2. The normalized spacial score (nSPS) is 13.0. The molecule has 5 nitrogen and oxygen atoms in total. The first-order valence-corrected chi connectivity index (χ1v) is 9.47. The lowest BCUT2D eigenvalue weighted by atomic mass is 9.87. The predicted molar refractivity (Wildman–Crippen MR) is 111 cm³/mol. The number of benzene rings is 2. The van der Waals surface area contributed by atoms with Crippen molar-refractivity contribution in [3.05, 3.63) is 71.4 Å². The van der Waals surface area contributed by atoms with Crippen LogP contribution in [0.2, 0.25) is 0 Å². The highest BCUT2D eigenvalue weighted by molar-refractivity contribution is 7.80. The van der Waals surface area contributed by atoms with E-state index in [4.69, 9.17) is 12.2 Å². The Balaban J connectivity index is 1.94. The monoisotopic (exact) mass is 386 g/mol. The number of hydrogen-bond acceptors (Lipinski definition) is 4. The van der Waals surface area contributed by atoms with Crippen LogP contribution >= 0.6 is 12.2 Å². The second kappa shape index (κ2) is 7.37. The van der Waals surface area contributed by atoms with Crippen LogP contribution in [0.3, 0.4) is 0 Å². The number of carbonyl (C=O) groups is 1. The molecule has 0 saturated heterocycles. The fourth-order valence-corrected chi connectivity index (χ4v) is 3.82. The van der Waals surface area contributed by atoms with Gasteiger partial charge in [0.15, 0.2) is 5.92 Å². The molecule has 6 heteroatoms. The maximum atomic E-state index is 13.2. The van der Waals surface area contributed by atoms with Gasteiger partial charge in [0.05, 0.1) is 17.5 Å². The van der Waals surface area contributed by atoms with Crippen LogP contribution in [0.4, 0.5) is 0 Å². The SMILES string of the molecule is CNC(=S)C(C#N)C(=O)c1nn(-c2ccccc2)c2c1CCc1ccccc1-2. The lowest BCUT2D eigenvalue weighted by molar-refractivity contribution is 0.0968. The summed E-state index contributed by atoms with van der Waals surface area (Å²) in [6.07, 6.45) is 1.53. The molecule has 1 unspecified atom stereocenters. The summed E-state index contributed by atoms with van der Waals surface area (Å²) in [5.74, 6) is -1.40. The van der Waals surface area contributed by atoms with Crippen molar-refractivity contribution in [1.82, 2.24) is 15.1 Å². The first-order valence-electron chi connectivity index (χ1n) is 9.06. The Morgan fingerprint density at radius 2 is 1.89 bits per heavy atom. The number of carbonyl (C=O) groups excluding carboxylic acids is 1. The third kappa shape index (κ3) is 2.90. The van der Waals surface area contributed by atoms with Gasteiger partial charge in [-0.3, -0.25) is 4.79 Å². The average molecular weight is 386 g/mol. The van der Waals surface area contributed by atoms with Gasteiger partial charge in [0.2, 0.25) is 5.78 Å². The quantitative estimate of drug-likeness (QED) is 0.549. The Hall–Kier alpha value is -3.30. The summed E-state index contributed by atoms with van der Waals surface area (Å²) in [4.78, 5) is 13.4. The zero-order valence-corrected chi connectivity index (χ0v) is 16.2. The number of thiocarbonyl (C=S) groups is 1. The Morgan fingerprint density at radius 1 is 1.18 bits per heavy atom. The van der Waals surface area contributed by atoms with E-state index < -0.39 is 5.92 Å². The molecular formula is C22H18N4OS. The number of fused-ring (bicyclic) bond motifs is 3. The summed E-state index contributed by atoms with van der Waals surface area (Å²) < 4.78 is 1.82. The standard InChI is InChI=1S/C22H18N4OS/c1-24-22(28)18(13-23)21(27)19-17-12-11-14-7-5-6-10-16(14)20(17)26(25-19)15-8-3-2-4-9-15/h2-10,18H,11-12H2,1H3,(H,24,28). The van der Waals surface area contributed by atoms with Crippen molar-refractivity contribution in [2.24, 2.45) is 5.92 Å². The largest absolute Gasteiger partial charge is 0.381 e. The topological polar surface area (TPSA) is 70.7 Å². The Labute approximate surface area is 168 Å². The zero-order valence-electron chi connectivity index (χ0n) is 15.3. The third-order valence-electron chi connectivity index (χ3n) is 5.03. The number of nitrogens with one attached hydrogen (secondary N) is 1. The molecule has 0 radical (unpaired) electrons. The maximum absolute atomic E-state index is 13.2. The first kappa shape index (κ1) is 18.1. The smallest absolute Gasteiger partial charge is 0.207 e. The van der Waals surface area contributed by atoms with E-state index in [0.29, 0.717) is 12.1 Å². The summed E-state index contributed by atoms with van der Waals surface area (Å²) >= 11 is 5.18. The van der Waals surface area contributed by atoms with Crippen LogP contribution in [-0.4, -0.2) is 27.6 Å². The van der Waals surface area contributed by atoms with Crippen molar-refractivity contribution in [2.75, 3.05) is 7.05 Å². The molecule has 2 aromatic carbocycles. The molecule has 1 N–H and O–H groups in total. The van der Waals surface area contributed by atoms with Crippen molar-refractivity contribution >= 4 is 23.0 Å². The van der Waals surface area contributed by atoms with Crippen LogP contribution in [0.5, 0.6) is 0 Å². The Morgan fingerprint density at radius 3 is 2.61 bits per heavy atom. The molecular weight excluding hydrogens is 368 g/mol. The van der Waals surface area contributed by atoms with Crippen molar-refractivity contribution in [1.29, 1.82) is 5.26 Å². The van der Waals surface area contributed by atoms with Crippen LogP contribution in [0, 0.1) is 17.2 Å². The lowest BCUT2D eigenvalue weighted by Gasteiger charge is -2.18. The van der Waals surface area contributed by atoms with E-state index in [2.05, 4.69) is 22.5 Å². The summed E-state index contributed by atoms with van der Waals surface area (Å²) in [5.41, 5.74) is 5.31. The number of hydrogen-bond donors (Lipinski definition) is 1. The molecule has 0 bridgehead atoms. The number of aryl methyl sites for hydroxylation is 1. The van der Waals surface area contributed by atoms with E-state index in [1.54, 1.807) is 7.05 Å². The average Bonchev–Trinajstić information content (AvgIpc) is 3.15. The summed E-state index contributed by atoms with van der Waals surface area (Å²) in [7, 11) is 1.62. The summed E-state index contributed by atoms with van der Waals surface area (Å²) in [6.45, 7) is 0. The summed E-state index contributed by atoms with van der Waals surface area (Å²) in [6, 6.07) is 19.9. The molecule has 3 aromatic rings. The van der Waals surface area contributed by atoms with Gasteiger partial charge in [-0.2, -0.15) is 10.4 Å². The van der Waals surface area contributed by atoms with Crippen molar-refractivity contribution < 1.29 is 4.79 Å². The van der Waals surface area contributed by atoms with E-state index in [0.717, 1.165) is 28.9 Å². The number of nitrogens with zero attached hydrogens (tertiary/aromatic N) is 3. The minimum Gasteiger partial charge on any atom is -0.381 e. The van der Waals surface area contributed by atoms with Gasteiger partial charge in [0, 0.05) is 18.2 Å². The van der Waals surface area contributed by atoms with Gasteiger partial charge in [-0.05, 0) is 30.5 Å². The van der Waals surface area contributed by atoms with Gasteiger partial charge < -0.3 is 5.32 Å². The Kier molecular flexibility index (Phi) is 4.76. The number of nitriles is 1. The van der Waals surface area contributed by atoms with Crippen molar-refractivity contribution in [2.45, 2.75) is 12.8 Å². The number of rotatable bonds is 4. The molecule has 0 amide bonds. The molecule has 0 aliphatic heterocycles. The van der Waals surface area contributed by atoms with Gasteiger partial charge in [-0.1, -0.05) is 54.7 Å². The number of Topliss-reactive ketones (excluding diaryl/α,β-unsaturated/α-hetero) is 1.